The minimum absolute atomic E-state index is 0.208. The van der Waals surface area contributed by atoms with Crippen molar-refractivity contribution in [2.75, 3.05) is 13.2 Å². The molecule has 0 radical (unpaired) electrons. The average molecular weight is 496 g/mol. The molecule has 2 heterocycles. The summed E-state index contributed by atoms with van der Waals surface area (Å²) in [5.74, 6) is 1.54. The molecule has 2 aliphatic rings. The first-order valence-corrected chi connectivity index (χ1v) is 12.9. The fourth-order valence-electron chi connectivity index (χ4n) is 5.88. The summed E-state index contributed by atoms with van der Waals surface area (Å²) in [6, 6.07) is 26.2. The van der Waals surface area contributed by atoms with Crippen LogP contribution in [-0.2, 0) is 16.0 Å². The number of aromatic nitrogens is 1. The zero-order chi connectivity index (χ0) is 25.2. The summed E-state index contributed by atoms with van der Waals surface area (Å²) < 4.78 is 18.5. The summed E-state index contributed by atoms with van der Waals surface area (Å²) in [7, 11) is 0. The molecule has 6 nitrogen and oxygen atoms in total. The smallest absolute Gasteiger partial charge is 0.341 e. The monoisotopic (exact) mass is 495 g/mol. The molecule has 1 aliphatic carbocycles. The molecule has 6 rings (SSSR count). The van der Waals surface area contributed by atoms with Gasteiger partial charge in [-0.3, -0.25) is 0 Å². The van der Waals surface area contributed by atoms with Crippen LogP contribution in [0.4, 0.5) is 0 Å². The van der Waals surface area contributed by atoms with Crippen LogP contribution in [0, 0.1) is 5.92 Å². The number of aliphatic carboxylic acids is 1. The molecule has 1 fully saturated rings. The van der Waals surface area contributed by atoms with Crippen LogP contribution in [0.2, 0.25) is 0 Å². The molecule has 3 atom stereocenters. The molecule has 1 aromatic heterocycles. The van der Waals surface area contributed by atoms with Gasteiger partial charge in [-0.15, -0.1) is 0 Å². The van der Waals surface area contributed by atoms with Gasteiger partial charge in [0.2, 0.25) is 5.89 Å². The quantitative estimate of drug-likeness (QED) is 0.308. The van der Waals surface area contributed by atoms with Crippen LogP contribution in [0.25, 0.3) is 22.6 Å². The van der Waals surface area contributed by atoms with Crippen LogP contribution in [0.3, 0.4) is 0 Å². The Morgan fingerprint density at radius 3 is 2.46 bits per heavy atom. The highest BCUT2D eigenvalue weighted by atomic mass is 16.5. The maximum absolute atomic E-state index is 11.1. The predicted octanol–water partition coefficient (Wildman–Crippen LogP) is 6.67. The lowest BCUT2D eigenvalue weighted by molar-refractivity contribution is -0.139. The van der Waals surface area contributed by atoms with Gasteiger partial charge < -0.3 is 19.0 Å². The second-order valence-electron chi connectivity index (χ2n) is 9.71. The molecule has 4 aromatic rings. The number of ether oxygens (including phenoxy) is 2. The first-order chi connectivity index (χ1) is 18.2. The molecule has 1 saturated heterocycles. The van der Waals surface area contributed by atoms with E-state index in [1.807, 2.05) is 60.7 Å². The van der Waals surface area contributed by atoms with E-state index in [0.717, 1.165) is 53.8 Å². The molecule has 0 amide bonds. The lowest BCUT2D eigenvalue weighted by Gasteiger charge is -2.32. The Bertz CT molecular complexity index is 1320. The highest BCUT2D eigenvalue weighted by molar-refractivity contribution is 5.76. The Morgan fingerprint density at radius 2 is 1.70 bits per heavy atom. The SMILES string of the molecule is O=C(O)COc1cccc2c1CCCC2C1CCOC1c1nc(-c2ccccc2)c(-c2ccccc2)o1. The second-order valence-corrected chi connectivity index (χ2v) is 9.71. The van der Waals surface area contributed by atoms with E-state index in [1.54, 1.807) is 0 Å². The summed E-state index contributed by atoms with van der Waals surface area (Å²) in [5.41, 5.74) is 5.16. The van der Waals surface area contributed by atoms with Gasteiger partial charge >= 0.3 is 5.97 Å². The van der Waals surface area contributed by atoms with E-state index in [9.17, 15) is 4.79 Å². The van der Waals surface area contributed by atoms with Crippen LogP contribution in [0.1, 0.15) is 48.3 Å². The summed E-state index contributed by atoms with van der Waals surface area (Å²) in [5, 5.41) is 9.09. The lowest BCUT2D eigenvalue weighted by Crippen LogP contribution is -2.22. The van der Waals surface area contributed by atoms with E-state index in [2.05, 4.69) is 18.2 Å². The van der Waals surface area contributed by atoms with Gasteiger partial charge in [0.1, 0.15) is 17.5 Å². The zero-order valence-electron chi connectivity index (χ0n) is 20.5. The standard InChI is InChI=1S/C31H29NO5/c33-27(34)19-36-26-16-8-14-22-23(13-7-15-24(22)26)25-17-18-35-30(25)31-32-28(20-9-3-1-4-10-20)29(37-31)21-11-5-2-6-12-21/h1-6,8-12,14,16,23,25,30H,7,13,15,17-19H2,(H,33,34). The maximum atomic E-state index is 11.1. The predicted molar refractivity (Wildman–Crippen MR) is 139 cm³/mol. The normalized spacial score (nSPS) is 20.9. The third-order valence-electron chi connectivity index (χ3n) is 7.49. The van der Waals surface area contributed by atoms with Crippen molar-refractivity contribution >= 4 is 5.97 Å². The zero-order valence-corrected chi connectivity index (χ0v) is 20.5. The molecule has 3 unspecified atom stereocenters. The molecule has 0 saturated carbocycles. The van der Waals surface area contributed by atoms with E-state index in [1.165, 1.54) is 5.56 Å². The number of hydrogen-bond donors (Lipinski definition) is 1. The number of fused-ring (bicyclic) bond motifs is 1. The third kappa shape index (κ3) is 4.65. The van der Waals surface area contributed by atoms with Crippen molar-refractivity contribution in [3.05, 3.63) is 95.9 Å². The highest BCUT2D eigenvalue weighted by Gasteiger charge is 2.41. The van der Waals surface area contributed by atoms with Gasteiger partial charge in [-0.25, -0.2) is 9.78 Å². The van der Waals surface area contributed by atoms with Crippen molar-refractivity contribution in [2.24, 2.45) is 5.92 Å². The van der Waals surface area contributed by atoms with E-state index in [4.69, 9.17) is 24.0 Å². The van der Waals surface area contributed by atoms with Gasteiger partial charge in [-0.2, -0.15) is 0 Å². The third-order valence-corrected chi connectivity index (χ3v) is 7.49. The van der Waals surface area contributed by atoms with Crippen molar-refractivity contribution in [3.63, 3.8) is 0 Å². The van der Waals surface area contributed by atoms with Gasteiger partial charge in [-0.1, -0.05) is 72.8 Å². The summed E-state index contributed by atoms with van der Waals surface area (Å²) in [6.45, 7) is 0.317. The fraction of sp³-hybridized carbons (Fsp3) is 0.290. The van der Waals surface area contributed by atoms with E-state index < -0.39 is 5.97 Å². The number of carbonyl (C=O) groups is 1. The Morgan fingerprint density at radius 1 is 0.946 bits per heavy atom. The van der Waals surface area contributed by atoms with Crippen molar-refractivity contribution < 1.29 is 23.8 Å². The molecule has 6 heteroatoms. The summed E-state index contributed by atoms with van der Waals surface area (Å²) in [4.78, 5) is 16.1. The molecular formula is C31H29NO5. The molecular weight excluding hydrogens is 466 g/mol. The Balaban J connectivity index is 1.36. The number of nitrogens with zero attached hydrogens (tertiary/aromatic N) is 1. The Kier molecular flexibility index (Phi) is 6.49. The van der Waals surface area contributed by atoms with E-state index in [-0.39, 0.29) is 24.5 Å². The number of benzene rings is 3. The first-order valence-electron chi connectivity index (χ1n) is 12.9. The van der Waals surface area contributed by atoms with Crippen LogP contribution in [0.15, 0.2) is 83.3 Å². The number of carboxylic acids is 1. The second kappa shape index (κ2) is 10.2. The maximum Gasteiger partial charge on any atom is 0.341 e. The average Bonchev–Trinajstić information content (AvgIpc) is 3.60. The molecule has 188 valence electrons. The lowest BCUT2D eigenvalue weighted by atomic mass is 9.73. The van der Waals surface area contributed by atoms with Crippen LogP contribution >= 0.6 is 0 Å². The fourth-order valence-corrected chi connectivity index (χ4v) is 5.88. The van der Waals surface area contributed by atoms with Crippen LogP contribution in [-0.4, -0.2) is 29.3 Å². The highest BCUT2D eigenvalue weighted by Crippen LogP contribution is 2.50. The summed E-state index contributed by atoms with van der Waals surface area (Å²) >= 11 is 0. The molecule has 0 spiro atoms. The van der Waals surface area contributed by atoms with E-state index in [0.29, 0.717) is 18.2 Å². The van der Waals surface area contributed by atoms with Gasteiger partial charge in [0, 0.05) is 23.7 Å². The van der Waals surface area contributed by atoms with Crippen molar-refractivity contribution in [1.82, 2.24) is 4.98 Å². The number of carboxylic acid groups (broad SMARTS) is 1. The van der Waals surface area contributed by atoms with E-state index >= 15 is 0 Å². The minimum Gasteiger partial charge on any atom is -0.482 e. The largest absolute Gasteiger partial charge is 0.482 e. The number of rotatable bonds is 7. The number of hydrogen-bond acceptors (Lipinski definition) is 5. The topological polar surface area (TPSA) is 81.8 Å². The van der Waals surface area contributed by atoms with Crippen molar-refractivity contribution in [1.29, 1.82) is 0 Å². The number of oxazole rings is 1. The Labute approximate surface area is 215 Å². The Hall–Kier alpha value is -3.90. The first kappa shape index (κ1) is 23.5. The van der Waals surface area contributed by atoms with Gasteiger partial charge in [0.05, 0.1) is 0 Å². The van der Waals surface area contributed by atoms with Gasteiger partial charge in [0.25, 0.3) is 0 Å². The minimum atomic E-state index is -0.971. The van der Waals surface area contributed by atoms with Crippen molar-refractivity contribution in [3.8, 4) is 28.3 Å². The molecule has 1 aliphatic heterocycles. The molecule has 1 N–H and O–H groups in total. The van der Waals surface area contributed by atoms with Crippen LogP contribution < -0.4 is 4.74 Å². The van der Waals surface area contributed by atoms with Gasteiger partial charge in [-0.05, 0) is 48.8 Å². The van der Waals surface area contributed by atoms with Crippen LogP contribution in [0.5, 0.6) is 5.75 Å². The molecule has 3 aromatic carbocycles. The summed E-state index contributed by atoms with van der Waals surface area (Å²) in [6.07, 6.45) is 3.61. The van der Waals surface area contributed by atoms with Gasteiger partial charge in [0.15, 0.2) is 12.4 Å². The molecule has 0 bridgehead atoms. The molecule has 37 heavy (non-hydrogen) atoms. The van der Waals surface area contributed by atoms with Crippen molar-refractivity contribution in [2.45, 2.75) is 37.7 Å².